The number of hydrogen-bond acceptors (Lipinski definition) is 3. The summed E-state index contributed by atoms with van der Waals surface area (Å²) in [6.45, 7) is 5.65. The van der Waals surface area contributed by atoms with Crippen LogP contribution in [0.4, 0.5) is 0 Å². The lowest BCUT2D eigenvalue weighted by molar-refractivity contribution is -0.141. The molecule has 0 saturated heterocycles. The maximum atomic E-state index is 10.7. The van der Waals surface area contributed by atoms with Crippen LogP contribution < -0.4 is 5.32 Å². The van der Waals surface area contributed by atoms with Gasteiger partial charge in [0.1, 0.15) is 0 Å². The molecule has 0 amide bonds. The molecule has 2 unspecified atom stereocenters. The van der Waals surface area contributed by atoms with Crippen LogP contribution in [0.5, 0.6) is 0 Å². The zero-order chi connectivity index (χ0) is 13.4. The molecule has 1 heterocycles. The zero-order valence-corrected chi connectivity index (χ0v) is 11.2. The molecule has 0 saturated carbocycles. The Morgan fingerprint density at radius 1 is 1.44 bits per heavy atom. The van der Waals surface area contributed by atoms with E-state index in [1.807, 2.05) is 16.9 Å². The molecule has 0 aliphatic carbocycles. The van der Waals surface area contributed by atoms with E-state index in [9.17, 15) is 4.79 Å². The summed E-state index contributed by atoms with van der Waals surface area (Å²) in [5, 5.41) is 16.3. The van der Waals surface area contributed by atoms with Crippen molar-refractivity contribution in [3.63, 3.8) is 0 Å². The van der Waals surface area contributed by atoms with E-state index in [2.05, 4.69) is 17.3 Å². The third-order valence-corrected chi connectivity index (χ3v) is 3.09. The van der Waals surface area contributed by atoms with Crippen molar-refractivity contribution in [3.05, 3.63) is 18.5 Å². The quantitative estimate of drug-likeness (QED) is 0.703. The van der Waals surface area contributed by atoms with Crippen molar-refractivity contribution in [1.29, 1.82) is 0 Å². The van der Waals surface area contributed by atoms with Crippen molar-refractivity contribution < 1.29 is 9.90 Å². The van der Waals surface area contributed by atoms with Crippen LogP contribution in [0.15, 0.2) is 18.5 Å². The monoisotopic (exact) mass is 253 g/mol. The molecule has 102 valence electrons. The minimum absolute atomic E-state index is 0.235. The van der Waals surface area contributed by atoms with Crippen molar-refractivity contribution in [2.24, 2.45) is 5.92 Å². The summed E-state index contributed by atoms with van der Waals surface area (Å²) in [6.07, 6.45) is 6.43. The SMILES string of the molecule is CC(CCCC(C)C(=O)O)NCCn1cccn1. The highest BCUT2D eigenvalue weighted by molar-refractivity contribution is 5.69. The number of carboxylic acid groups (broad SMARTS) is 1. The zero-order valence-electron chi connectivity index (χ0n) is 11.2. The molecule has 0 aliphatic rings. The van der Waals surface area contributed by atoms with Crippen molar-refractivity contribution >= 4 is 5.97 Å². The molecule has 0 spiro atoms. The van der Waals surface area contributed by atoms with E-state index in [0.717, 1.165) is 32.4 Å². The lowest BCUT2D eigenvalue weighted by Gasteiger charge is -2.14. The molecule has 1 aromatic heterocycles. The van der Waals surface area contributed by atoms with E-state index in [-0.39, 0.29) is 5.92 Å². The second-order valence-electron chi connectivity index (χ2n) is 4.79. The highest BCUT2D eigenvalue weighted by atomic mass is 16.4. The first-order chi connectivity index (χ1) is 8.59. The summed E-state index contributed by atoms with van der Waals surface area (Å²) in [4.78, 5) is 10.7. The first-order valence-corrected chi connectivity index (χ1v) is 6.53. The van der Waals surface area contributed by atoms with E-state index >= 15 is 0 Å². The first kappa shape index (κ1) is 14.7. The van der Waals surface area contributed by atoms with Crippen molar-refractivity contribution in [3.8, 4) is 0 Å². The van der Waals surface area contributed by atoms with Gasteiger partial charge >= 0.3 is 5.97 Å². The van der Waals surface area contributed by atoms with Crippen molar-refractivity contribution in [2.75, 3.05) is 6.54 Å². The molecule has 1 rings (SSSR count). The van der Waals surface area contributed by atoms with Gasteiger partial charge in [0.2, 0.25) is 0 Å². The van der Waals surface area contributed by atoms with Gasteiger partial charge in [0.15, 0.2) is 0 Å². The van der Waals surface area contributed by atoms with Gasteiger partial charge < -0.3 is 10.4 Å². The highest BCUT2D eigenvalue weighted by Crippen LogP contribution is 2.09. The minimum atomic E-state index is -0.700. The largest absolute Gasteiger partial charge is 0.481 e. The molecule has 18 heavy (non-hydrogen) atoms. The molecule has 2 N–H and O–H groups in total. The van der Waals surface area contributed by atoms with Crippen LogP contribution in [0.2, 0.25) is 0 Å². The maximum Gasteiger partial charge on any atom is 0.306 e. The average molecular weight is 253 g/mol. The van der Waals surface area contributed by atoms with Gasteiger partial charge in [-0.15, -0.1) is 0 Å². The number of aromatic nitrogens is 2. The molecule has 0 aliphatic heterocycles. The Bertz CT molecular complexity index is 338. The van der Waals surface area contributed by atoms with E-state index < -0.39 is 5.97 Å². The normalized spacial score (nSPS) is 14.3. The van der Waals surface area contributed by atoms with Crippen LogP contribution >= 0.6 is 0 Å². The lowest BCUT2D eigenvalue weighted by Crippen LogP contribution is -2.29. The van der Waals surface area contributed by atoms with Gasteiger partial charge in [-0.25, -0.2) is 0 Å². The lowest BCUT2D eigenvalue weighted by atomic mass is 10.0. The molecule has 2 atom stereocenters. The Labute approximate surface area is 108 Å². The Morgan fingerprint density at radius 2 is 2.22 bits per heavy atom. The van der Waals surface area contributed by atoms with Gasteiger partial charge in [0.25, 0.3) is 0 Å². The van der Waals surface area contributed by atoms with Crippen molar-refractivity contribution in [1.82, 2.24) is 15.1 Å². The van der Waals surface area contributed by atoms with Crippen LogP contribution in [-0.4, -0.2) is 33.4 Å². The van der Waals surface area contributed by atoms with Gasteiger partial charge in [-0.3, -0.25) is 9.48 Å². The Balaban J connectivity index is 2.03. The summed E-state index contributed by atoms with van der Waals surface area (Å²) in [6, 6.07) is 2.33. The van der Waals surface area contributed by atoms with Crippen LogP contribution in [0.1, 0.15) is 33.1 Å². The van der Waals surface area contributed by atoms with Gasteiger partial charge in [-0.1, -0.05) is 13.3 Å². The second-order valence-corrected chi connectivity index (χ2v) is 4.79. The molecule has 5 heteroatoms. The van der Waals surface area contributed by atoms with E-state index in [1.165, 1.54) is 0 Å². The van der Waals surface area contributed by atoms with Crippen molar-refractivity contribution in [2.45, 2.75) is 45.7 Å². The third-order valence-electron chi connectivity index (χ3n) is 3.09. The molecule has 0 fully saturated rings. The fourth-order valence-electron chi connectivity index (χ4n) is 1.81. The Hall–Kier alpha value is -1.36. The van der Waals surface area contributed by atoms with Gasteiger partial charge in [0.05, 0.1) is 12.5 Å². The Morgan fingerprint density at radius 3 is 2.83 bits per heavy atom. The van der Waals surface area contributed by atoms with Gasteiger partial charge in [0, 0.05) is 25.0 Å². The minimum Gasteiger partial charge on any atom is -0.481 e. The molecule has 1 aromatic rings. The Kier molecular flexibility index (Phi) is 6.43. The molecule has 5 nitrogen and oxygen atoms in total. The molecular formula is C13H23N3O2. The fraction of sp³-hybridized carbons (Fsp3) is 0.692. The first-order valence-electron chi connectivity index (χ1n) is 6.53. The summed E-state index contributed by atoms with van der Waals surface area (Å²) in [5.74, 6) is -0.935. The number of rotatable bonds is 9. The fourth-order valence-corrected chi connectivity index (χ4v) is 1.81. The summed E-state index contributed by atoms with van der Waals surface area (Å²) >= 11 is 0. The van der Waals surface area contributed by atoms with Gasteiger partial charge in [-0.2, -0.15) is 5.10 Å². The summed E-state index contributed by atoms with van der Waals surface area (Å²) in [7, 11) is 0. The van der Waals surface area contributed by atoms with Crippen LogP contribution in [0, 0.1) is 5.92 Å². The molecular weight excluding hydrogens is 230 g/mol. The standard InChI is InChI=1S/C13H23N3O2/c1-11(13(17)18)5-3-6-12(2)14-8-10-16-9-4-7-15-16/h4,7,9,11-12,14H,3,5-6,8,10H2,1-2H3,(H,17,18). The average Bonchev–Trinajstić information content (AvgIpc) is 2.81. The topological polar surface area (TPSA) is 67.2 Å². The molecule has 0 aromatic carbocycles. The van der Waals surface area contributed by atoms with Crippen LogP contribution in [0.3, 0.4) is 0 Å². The van der Waals surface area contributed by atoms with E-state index in [1.54, 1.807) is 13.1 Å². The number of aliphatic carboxylic acids is 1. The highest BCUT2D eigenvalue weighted by Gasteiger charge is 2.10. The number of nitrogens with zero attached hydrogens (tertiary/aromatic N) is 2. The smallest absolute Gasteiger partial charge is 0.306 e. The molecule has 0 bridgehead atoms. The van der Waals surface area contributed by atoms with Gasteiger partial charge in [-0.05, 0) is 25.8 Å². The number of carbonyl (C=O) groups is 1. The second kappa shape index (κ2) is 7.87. The van der Waals surface area contributed by atoms with Crippen LogP contribution in [-0.2, 0) is 11.3 Å². The summed E-state index contributed by atoms with van der Waals surface area (Å²) < 4.78 is 1.90. The molecule has 0 radical (unpaired) electrons. The number of nitrogens with one attached hydrogen (secondary N) is 1. The van der Waals surface area contributed by atoms with E-state index in [4.69, 9.17) is 5.11 Å². The summed E-state index contributed by atoms with van der Waals surface area (Å²) in [5.41, 5.74) is 0. The number of carboxylic acids is 1. The van der Waals surface area contributed by atoms with Crippen LogP contribution in [0.25, 0.3) is 0 Å². The number of hydrogen-bond donors (Lipinski definition) is 2. The predicted octanol–water partition coefficient (Wildman–Crippen LogP) is 1.75. The third kappa shape index (κ3) is 5.82. The maximum absolute atomic E-state index is 10.7. The van der Waals surface area contributed by atoms with E-state index in [0.29, 0.717) is 6.04 Å². The predicted molar refractivity (Wildman–Crippen MR) is 70.3 cm³/mol.